The number of hydrogen-bond acceptors (Lipinski definition) is 1. The fourth-order valence-electron chi connectivity index (χ4n) is 7.25. The molecule has 0 heterocycles. The van der Waals surface area contributed by atoms with Gasteiger partial charge in [0.2, 0.25) is 0 Å². The smallest absolute Gasteiger partial charge is 0.137 e. The molecule has 0 amide bonds. The van der Waals surface area contributed by atoms with E-state index in [-0.39, 0.29) is 16.7 Å². The zero-order valence-corrected chi connectivity index (χ0v) is 16.5. The van der Waals surface area contributed by atoms with Crippen LogP contribution in [0.2, 0.25) is 0 Å². The number of allylic oxidation sites excluding steroid dienone is 2. The Kier molecular flexibility index (Phi) is 3.87. The van der Waals surface area contributed by atoms with Crippen LogP contribution in [0.1, 0.15) is 72.1 Å². The van der Waals surface area contributed by atoms with Crippen LogP contribution in [-0.2, 0) is 4.79 Å². The minimum Gasteiger partial charge on any atom is -0.299 e. The summed E-state index contributed by atoms with van der Waals surface area (Å²) < 4.78 is 0. The summed E-state index contributed by atoms with van der Waals surface area (Å²) in [6, 6.07) is 0. The molecule has 4 rings (SSSR count). The van der Waals surface area contributed by atoms with Crippen molar-refractivity contribution in [1.82, 2.24) is 0 Å². The first-order valence-electron chi connectivity index (χ1n) is 9.78. The molecule has 0 N–H and O–H groups in total. The van der Waals surface area contributed by atoms with Gasteiger partial charge < -0.3 is 0 Å². The van der Waals surface area contributed by atoms with E-state index in [0.29, 0.717) is 16.5 Å². The van der Waals surface area contributed by atoms with Gasteiger partial charge in [-0.2, -0.15) is 0 Å². The molecule has 0 radical (unpaired) electrons. The molecule has 1 nitrogen and oxygen atoms in total. The lowest BCUT2D eigenvalue weighted by Gasteiger charge is -2.58. The quantitative estimate of drug-likeness (QED) is 0.408. The number of rotatable bonds is 1. The third-order valence-corrected chi connectivity index (χ3v) is 9.33. The summed E-state index contributed by atoms with van der Waals surface area (Å²) in [5.74, 6) is 2.94. The van der Waals surface area contributed by atoms with Gasteiger partial charge in [0.1, 0.15) is 5.78 Å². The van der Waals surface area contributed by atoms with E-state index in [2.05, 4.69) is 42.8 Å². The topological polar surface area (TPSA) is 17.1 Å². The largest absolute Gasteiger partial charge is 0.299 e. The van der Waals surface area contributed by atoms with Crippen LogP contribution in [0.5, 0.6) is 0 Å². The minimum absolute atomic E-state index is 0.163. The number of carbonyl (C=O) groups excluding carboxylic acids is 1. The van der Waals surface area contributed by atoms with Crippen LogP contribution in [0.15, 0.2) is 11.6 Å². The number of fused-ring (bicyclic) bond motifs is 5. The van der Waals surface area contributed by atoms with E-state index in [9.17, 15) is 4.79 Å². The third-order valence-electron chi connectivity index (χ3n) is 8.39. The van der Waals surface area contributed by atoms with Crippen molar-refractivity contribution in [3.63, 3.8) is 0 Å². The maximum atomic E-state index is 13.4. The first kappa shape index (κ1) is 16.4. The van der Waals surface area contributed by atoms with Crippen LogP contribution >= 0.6 is 15.9 Å². The van der Waals surface area contributed by atoms with Gasteiger partial charge in [-0.15, -0.1) is 0 Å². The summed E-state index contributed by atoms with van der Waals surface area (Å²) in [7, 11) is 0. The second-order valence-electron chi connectivity index (χ2n) is 9.25. The fraction of sp³-hybridized carbons (Fsp3) is 0.857. The number of alkyl halides is 1. The Morgan fingerprint density at radius 3 is 2.83 bits per heavy atom. The van der Waals surface area contributed by atoms with Crippen molar-refractivity contribution in [3.8, 4) is 0 Å². The summed E-state index contributed by atoms with van der Waals surface area (Å²) >= 11 is 4.05. The zero-order chi connectivity index (χ0) is 16.4. The van der Waals surface area contributed by atoms with Crippen LogP contribution in [0.3, 0.4) is 0 Å². The molecule has 128 valence electrons. The Balaban J connectivity index is 1.77. The van der Waals surface area contributed by atoms with Gasteiger partial charge in [0.05, 0.1) is 0 Å². The van der Waals surface area contributed by atoms with Gasteiger partial charge >= 0.3 is 0 Å². The predicted octanol–water partition coefficient (Wildman–Crippen LogP) is 5.92. The molecular weight excluding hydrogens is 348 g/mol. The lowest BCUT2D eigenvalue weighted by Crippen LogP contribution is -2.57. The SMILES string of the molecule is CC[C@H]1CC[C@H]2[C@@H]3[C@H](Br)CC4=CCCC[C@]4(C)[C@H]3C(=O)C[C@]12C. The summed E-state index contributed by atoms with van der Waals surface area (Å²) in [4.78, 5) is 13.9. The van der Waals surface area contributed by atoms with E-state index in [0.717, 1.165) is 18.3 Å². The molecule has 2 heteroatoms. The molecule has 3 fully saturated rings. The van der Waals surface area contributed by atoms with Crippen molar-refractivity contribution in [2.45, 2.75) is 77.0 Å². The molecule has 4 aliphatic rings. The molecule has 0 spiro atoms. The highest BCUT2D eigenvalue weighted by Gasteiger charge is 2.63. The Hall–Kier alpha value is -0.110. The van der Waals surface area contributed by atoms with E-state index < -0.39 is 0 Å². The number of hydrogen-bond donors (Lipinski definition) is 0. The highest BCUT2D eigenvalue weighted by atomic mass is 79.9. The van der Waals surface area contributed by atoms with E-state index in [1.165, 1.54) is 44.9 Å². The van der Waals surface area contributed by atoms with Gasteiger partial charge in [-0.05, 0) is 67.1 Å². The summed E-state index contributed by atoms with van der Waals surface area (Å²) in [5.41, 5.74) is 2.02. The zero-order valence-electron chi connectivity index (χ0n) is 14.9. The minimum atomic E-state index is 0.163. The molecule has 3 saturated carbocycles. The second-order valence-corrected chi connectivity index (χ2v) is 10.4. The van der Waals surface area contributed by atoms with Gasteiger partial charge in [-0.3, -0.25) is 4.79 Å². The number of ketones is 1. The van der Waals surface area contributed by atoms with Crippen molar-refractivity contribution in [1.29, 1.82) is 0 Å². The van der Waals surface area contributed by atoms with Gasteiger partial charge in [-0.25, -0.2) is 0 Å². The van der Waals surface area contributed by atoms with Crippen LogP contribution < -0.4 is 0 Å². The van der Waals surface area contributed by atoms with Gasteiger partial charge in [0.15, 0.2) is 0 Å². The molecule has 7 atom stereocenters. The Morgan fingerprint density at radius 1 is 1.30 bits per heavy atom. The summed E-state index contributed by atoms with van der Waals surface area (Å²) in [6.45, 7) is 7.19. The number of carbonyl (C=O) groups is 1. The van der Waals surface area contributed by atoms with Gasteiger partial charge in [0.25, 0.3) is 0 Å². The second kappa shape index (κ2) is 5.44. The molecule has 0 aromatic heterocycles. The highest BCUT2D eigenvalue weighted by molar-refractivity contribution is 9.09. The van der Waals surface area contributed by atoms with Gasteiger partial charge in [-0.1, -0.05) is 54.8 Å². The first-order chi connectivity index (χ1) is 10.9. The van der Waals surface area contributed by atoms with Crippen LogP contribution in [0, 0.1) is 34.5 Å². The molecule has 0 aliphatic heterocycles. The molecular formula is C21H31BrO. The van der Waals surface area contributed by atoms with Crippen molar-refractivity contribution >= 4 is 21.7 Å². The molecule has 0 unspecified atom stereocenters. The predicted molar refractivity (Wildman–Crippen MR) is 98.6 cm³/mol. The molecule has 4 aliphatic carbocycles. The first-order valence-corrected chi connectivity index (χ1v) is 10.7. The average Bonchev–Trinajstić information content (AvgIpc) is 2.83. The van der Waals surface area contributed by atoms with Crippen molar-refractivity contribution in [2.24, 2.45) is 34.5 Å². The van der Waals surface area contributed by atoms with Crippen LogP contribution in [0.25, 0.3) is 0 Å². The lowest BCUT2D eigenvalue weighted by atomic mass is 9.46. The lowest BCUT2D eigenvalue weighted by molar-refractivity contribution is -0.144. The van der Waals surface area contributed by atoms with E-state index >= 15 is 0 Å². The van der Waals surface area contributed by atoms with Gasteiger partial charge in [0, 0.05) is 17.2 Å². The maximum absolute atomic E-state index is 13.4. The maximum Gasteiger partial charge on any atom is 0.137 e. The number of Topliss-reactive ketones (excluding diaryl/α,β-unsaturated/α-hetero) is 1. The fourth-order valence-corrected chi connectivity index (χ4v) is 8.27. The summed E-state index contributed by atoms with van der Waals surface area (Å²) in [5, 5.41) is 0. The molecule has 23 heavy (non-hydrogen) atoms. The Morgan fingerprint density at radius 2 is 2.09 bits per heavy atom. The van der Waals surface area contributed by atoms with Crippen LogP contribution in [0.4, 0.5) is 0 Å². The average molecular weight is 379 g/mol. The Bertz CT molecular complexity index is 552. The number of halogens is 1. The standard InChI is InChI=1S/C21H31BrO/c1-4-13-8-9-15-18-16(22)11-14-7-5-6-10-20(14,2)19(18)17(23)12-21(13,15)3/h7,13,15-16,18-19H,4-6,8-12H2,1-3H3/t13-,15-,16+,18+,19-,20-,21+/m0/s1. The monoisotopic (exact) mass is 378 g/mol. The summed E-state index contributed by atoms with van der Waals surface area (Å²) in [6.07, 6.45) is 12.1. The molecule has 0 saturated heterocycles. The third kappa shape index (κ3) is 2.12. The molecule has 0 aromatic carbocycles. The van der Waals surface area contributed by atoms with Crippen molar-refractivity contribution in [3.05, 3.63) is 11.6 Å². The van der Waals surface area contributed by atoms with E-state index in [1.807, 2.05) is 0 Å². The van der Waals surface area contributed by atoms with Crippen molar-refractivity contribution < 1.29 is 4.79 Å². The normalized spacial score (nSPS) is 52.4. The molecule has 0 bridgehead atoms. The Labute approximate surface area is 149 Å². The van der Waals surface area contributed by atoms with Crippen molar-refractivity contribution in [2.75, 3.05) is 0 Å². The van der Waals surface area contributed by atoms with E-state index in [1.54, 1.807) is 5.57 Å². The molecule has 0 aromatic rings. The van der Waals surface area contributed by atoms with E-state index in [4.69, 9.17) is 0 Å². The van der Waals surface area contributed by atoms with Crippen LogP contribution in [-0.4, -0.2) is 10.6 Å². The highest BCUT2D eigenvalue weighted by Crippen LogP contribution is 2.66.